The van der Waals surface area contributed by atoms with Crippen molar-refractivity contribution in [1.82, 2.24) is 9.97 Å². The highest BCUT2D eigenvalue weighted by molar-refractivity contribution is 5.88. The van der Waals surface area contributed by atoms with Gasteiger partial charge >= 0.3 is 5.97 Å². The Bertz CT molecular complexity index is 741. The van der Waals surface area contributed by atoms with Gasteiger partial charge in [0.05, 0.1) is 0 Å². The number of carboxylic acids is 1. The molecule has 6 nitrogen and oxygen atoms in total. The van der Waals surface area contributed by atoms with Crippen LogP contribution in [0.4, 0.5) is 0 Å². The highest BCUT2D eigenvalue weighted by Gasteiger charge is 2.14. The molecule has 0 saturated carbocycles. The Balaban J connectivity index is 2.13. The second-order valence-electron chi connectivity index (χ2n) is 3.75. The SMILES string of the molecule is Cc1ccc(-c2nc3nc(C(=O)O)ccc3o2)o1. The largest absolute Gasteiger partial charge is 0.477 e. The van der Waals surface area contributed by atoms with E-state index in [4.69, 9.17) is 13.9 Å². The lowest BCUT2D eigenvalue weighted by Gasteiger charge is -1.90. The van der Waals surface area contributed by atoms with Crippen LogP contribution in [-0.4, -0.2) is 21.0 Å². The Labute approximate surface area is 101 Å². The lowest BCUT2D eigenvalue weighted by molar-refractivity contribution is 0.0691. The van der Waals surface area contributed by atoms with Crippen molar-refractivity contribution >= 4 is 17.2 Å². The van der Waals surface area contributed by atoms with Crippen LogP contribution in [0.5, 0.6) is 0 Å². The van der Waals surface area contributed by atoms with Crippen molar-refractivity contribution < 1.29 is 18.7 Å². The minimum Gasteiger partial charge on any atom is -0.477 e. The first-order valence-corrected chi connectivity index (χ1v) is 5.21. The molecule has 0 fully saturated rings. The van der Waals surface area contributed by atoms with Crippen molar-refractivity contribution in [2.75, 3.05) is 0 Å². The van der Waals surface area contributed by atoms with Crippen LogP contribution in [0.2, 0.25) is 0 Å². The molecule has 0 saturated heterocycles. The van der Waals surface area contributed by atoms with Gasteiger partial charge in [-0.3, -0.25) is 0 Å². The maximum absolute atomic E-state index is 10.8. The molecule has 0 aliphatic heterocycles. The van der Waals surface area contributed by atoms with Crippen molar-refractivity contribution in [3.63, 3.8) is 0 Å². The fraction of sp³-hybridized carbons (Fsp3) is 0.0833. The molecule has 0 aromatic carbocycles. The molecular formula is C12H8N2O4. The molecule has 0 amide bonds. The van der Waals surface area contributed by atoms with Crippen molar-refractivity contribution in [2.45, 2.75) is 6.92 Å². The molecule has 0 radical (unpaired) electrons. The van der Waals surface area contributed by atoms with E-state index in [0.29, 0.717) is 11.3 Å². The Hall–Kier alpha value is -2.63. The van der Waals surface area contributed by atoms with Gasteiger partial charge in [-0.25, -0.2) is 9.78 Å². The average molecular weight is 244 g/mol. The van der Waals surface area contributed by atoms with E-state index in [0.717, 1.165) is 5.76 Å². The number of hydrogen-bond donors (Lipinski definition) is 1. The standard InChI is InChI=1S/C12H8N2O4/c1-6-2-4-9(17-6)11-14-10-8(18-11)5-3-7(13-10)12(15)16/h2-5H,1H3,(H,15,16). The Morgan fingerprint density at radius 2 is 2.00 bits per heavy atom. The number of furan rings is 1. The molecule has 0 unspecified atom stereocenters. The quantitative estimate of drug-likeness (QED) is 0.744. The maximum Gasteiger partial charge on any atom is 0.354 e. The zero-order valence-corrected chi connectivity index (χ0v) is 9.38. The molecule has 0 aliphatic rings. The van der Waals surface area contributed by atoms with Gasteiger partial charge in [-0.05, 0) is 31.2 Å². The minimum atomic E-state index is -1.10. The summed E-state index contributed by atoms with van der Waals surface area (Å²) >= 11 is 0. The zero-order valence-electron chi connectivity index (χ0n) is 9.38. The summed E-state index contributed by atoms with van der Waals surface area (Å²) in [5, 5.41) is 8.83. The molecule has 0 spiro atoms. The van der Waals surface area contributed by atoms with Crippen LogP contribution in [0.25, 0.3) is 22.9 Å². The van der Waals surface area contributed by atoms with Gasteiger partial charge in [0.25, 0.3) is 5.89 Å². The van der Waals surface area contributed by atoms with Crippen LogP contribution in [0, 0.1) is 6.92 Å². The second kappa shape index (κ2) is 3.69. The van der Waals surface area contributed by atoms with Crippen LogP contribution in [0.3, 0.4) is 0 Å². The molecule has 0 bridgehead atoms. The number of aromatic nitrogens is 2. The summed E-state index contributed by atoms with van der Waals surface area (Å²) < 4.78 is 10.8. The number of aromatic carboxylic acids is 1. The van der Waals surface area contributed by atoms with Gasteiger partial charge in [-0.15, -0.1) is 0 Å². The monoisotopic (exact) mass is 244 g/mol. The first-order valence-electron chi connectivity index (χ1n) is 5.21. The molecule has 3 aromatic heterocycles. The van der Waals surface area contributed by atoms with Crippen LogP contribution < -0.4 is 0 Å². The molecular weight excluding hydrogens is 236 g/mol. The first-order chi connectivity index (χ1) is 8.63. The normalized spacial score (nSPS) is 10.9. The topological polar surface area (TPSA) is 89.4 Å². The van der Waals surface area contributed by atoms with E-state index in [1.54, 1.807) is 12.1 Å². The number of carboxylic acid groups (broad SMARTS) is 1. The minimum absolute atomic E-state index is 0.0713. The summed E-state index contributed by atoms with van der Waals surface area (Å²) in [6.07, 6.45) is 0. The van der Waals surface area contributed by atoms with E-state index in [1.807, 2.05) is 6.92 Å². The molecule has 3 rings (SSSR count). The molecule has 6 heteroatoms. The summed E-state index contributed by atoms with van der Waals surface area (Å²) in [4.78, 5) is 18.8. The molecule has 0 aliphatic carbocycles. The van der Waals surface area contributed by atoms with Crippen LogP contribution >= 0.6 is 0 Å². The van der Waals surface area contributed by atoms with Crippen molar-refractivity contribution in [1.29, 1.82) is 0 Å². The van der Waals surface area contributed by atoms with Gasteiger partial charge in [0, 0.05) is 0 Å². The van der Waals surface area contributed by atoms with E-state index in [1.165, 1.54) is 12.1 Å². The molecule has 90 valence electrons. The van der Waals surface area contributed by atoms with Gasteiger partial charge in [-0.1, -0.05) is 0 Å². The highest BCUT2D eigenvalue weighted by Crippen LogP contribution is 2.24. The van der Waals surface area contributed by atoms with E-state index >= 15 is 0 Å². The van der Waals surface area contributed by atoms with Gasteiger partial charge in [0.15, 0.2) is 22.7 Å². The lowest BCUT2D eigenvalue weighted by atomic mass is 10.3. The molecule has 3 aromatic rings. The molecule has 3 heterocycles. The van der Waals surface area contributed by atoms with E-state index in [2.05, 4.69) is 9.97 Å². The van der Waals surface area contributed by atoms with Gasteiger partial charge < -0.3 is 13.9 Å². The summed E-state index contributed by atoms with van der Waals surface area (Å²) in [6.45, 7) is 1.81. The Morgan fingerprint density at radius 3 is 2.67 bits per heavy atom. The molecule has 0 atom stereocenters. The van der Waals surface area contributed by atoms with Gasteiger partial charge in [0.2, 0.25) is 0 Å². The third-order valence-electron chi connectivity index (χ3n) is 2.42. The Morgan fingerprint density at radius 1 is 1.17 bits per heavy atom. The Kier molecular flexibility index (Phi) is 2.16. The summed E-state index contributed by atoms with van der Waals surface area (Å²) in [5.41, 5.74) is 0.598. The number of rotatable bonds is 2. The van der Waals surface area contributed by atoms with Gasteiger partial charge in [-0.2, -0.15) is 4.98 Å². The van der Waals surface area contributed by atoms with Crippen LogP contribution in [0.1, 0.15) is 16.2 Å². The third-order valence-corrected chi connectivity index (χ3v) is 2.42. The second-order valence-corrected chi connectivity index (χ2v) is 3.75. The van der Waals surface area contributed by atoms with Gasteiger partial charge in [0.1, 0.15) is 5.76 Å². The predicted octanol–water partition coefficient (Wildman–Crippen LogP) is 2.49. The summed E-state index contributed by atoms with van der Waals surface area (Å²) in [6, 6.07) is 6.42. The van der Waals surface area contributed by atoms with E-state index < -0.39 is 5.97 Å². The number of aryl methyl sites for hydroxylation is 1. The molecule has 1 N–H and O–H groups in total. The number of carbonyl (C=O) groups is 1. The fourth-order valence-corrected chi connectivity index (χ4v) is 1.59. The van der Waals surface area contributed by atoms with Crippen molar-refractivity contribution in [3.8, 4) is 11.7 Å². The van der Waals surface area contributed by atoms with E-state index in [9.17, 15) is 4.79 Å². The number of pyridine rings is 1. The summed E-state index contributed by atoms with van der Waals surface area (Å²) in [7, 11) is 0. The fourth-order valence-electron chi connectivity index (χ4n) is 1.59. The average Bonchev–Trinajstić information content (AvgIpc) is 2.93. The van der Waals surface area contributed by atoms with E-state index in [-0.39, 0.29) is 17.2 Å². The zero-order chi connectivity index (χ0) is 12.7. The lowest BCUT2D eigenvalue weighted by Crippen LogP contribution is -1.99. The molecule has 18 heavy (non-hydrogen) atoms. The van der Waals surface area contributed by atoms with Crippen LogP contribution in [-0.2, 0) is 0 Å². The third kappa shape index (κ3) is 1.64. The number of hydrogen-bond acceptors (Lipinski definition) is 5. The van der Waals surface area contributed by atoms with Crippen LogP contribution in [0.15, 0.2) is 33.1 Å². The number of oxazole rings is 1. The predicted molar refractivity (Wildman–Crippen MR) is 61.2 cm³/mol. The maximum atomic E-state index is 10.8. The number of nitrogens with zero attached hydrogens (tertiary/aromatic N) is 2. The van der Waals surface area contributed by atoms with Crippen molar-refractivity contribution in [3.05, 3.63) is 35.7 Å². The first kappa shape index (κ1) is 10.5. The smallest absolute Gasteiger partial charge is 0.354 e. The van der Waals surface area contributed by atoms with Crippen molar-refractivity contribution in [2.24, 2.45) is 0 Å². The highest BCUT2D eigenvalue weighted by atomic mass is 16.4. The summed E-state index contributed by atoms with van der Waals surface area (Å²) in [5.74, 6) is 0.414. The number of fused-ring (bicyclic) bond motifs is 1.